The quantitative estimate of drug-likeness (QED) is 0.614. The molecule has 1 aliphatic rings. The van der Waals surface area contributed by atoms with Gasteiger partial charge in [0.15, 0.2) is 0 Å². The number of rotatable bonds is 4. The smallest absolute Gasteiger partial charge is 0.257 e. The molecule has 3 aromatic rings. The molecule has 0 unspecified atom stereocenters. The minimum atomic E-state index is -0.125. The molecular formula is C23H24N2O2S. The fraction of sp³-hybridized carbons (Fsp3) is 0.304. The zero-order valence-electron chi connectivity index (χ0n) is 16.0. The van der Waals surface area contributed by atoms with E-state index in [4.69, 9.17) is 0 Å². The molecule has 144 valence electrons. The van der Waals surface area contributed by atoms with E-state index in [2.05, 4.69) is 10.6 Å². The van der Waals surface area contributed by atoms with Crippen LogP contribution in [-0.4, -0.2) is 17.9 Å². The number of carbonyl (C=O) groups excluding carboxylic acids is 2. The predicted molar refractivity (Wildman–Crippen MR) is 115 cm³/mol. The number of fused-ring (bicyclic) bond motifs is 1. The highest BCUT2D eigenvalue weighted by atomic mass is 32.1. The van der Waals surface area contributed by atoms with Gasteiger partial charge in [-0.2, -0.15) is 0 Å². The molecule has 0 aliphatic heterocycles. The lowest BCUT2D eigenvalue weighted by Crippen LogP contribution is -2.36. The van der Waals surface area contributed by atoms with Gasteiger partial charge < -0.3 is 10.6 Å². The van der Waals surface area contributed by atoms with Crippen LogP contribution in [0, 0.1) is 6.92 Å². The van der Waals surface area contributed by atoms with E-state index in [0.29, 0.717) is 11.1 Å². The number of thiophene rings is 1. The Morgan fingerprint density at radius 2 is 1.79 bits per heavy atom. The summed E-state index contributed by atoms with van der Waals surface area (Å²) in [6.45, 7) is 1.92. The van der Waals surface area contributed by atoms with Gasteiger partial charge in [-0.3, -0.25) is 9.59 Å². The van der Waals surface area contributed by atoms with E-state index >= 15 is 0 Å². The highest BCUT2D eigenvalue weighted by Crippen LogP contribution is 2.27. The van der Waals surface area contributed by atoms with Gasteiger partial charge >= 0.3 is 0 Å². The average molecular weight is 393 g/mol. The molecule has 2 aromatic carbocycles. The molecule has 28 heavy (non-hydrogen) atoms. The molecule has 0 radical (unpaired) electrons. The minimum Gasteiger partial charge on any atom is -0.349 e. The lowest BCUT2D eigenvalue weighted by Gasteiger charge is -2.23. The first-order valence-electron chi connectivity index (χ1n) is 9.81. The van der Waals surface area contributed by atoms with Crippen LogP contribution in [0.2, 0.25) is 0 Å². The Labute approximate surface area is 169 Å². The first kappa shape index (κ1) is 18.7. The normalized spacial score (nSPS) is 14.8. The molecule has 4 nitrogen and oxygen atoms in total. The summed E-state index contributed by atoms with van der Waals surface area (Å²) < 4.78 is 1.10. The Hall–Kier alpha value is -2.66. The van der Waals surface area contributed by atoms with E-state index in [1.807, 2.05) is 48.7 Å². The fourth-order valence-corrected chi connectivity index (χ4v) is 4.75. The zero-order chi connectivity index (χ0) is 19.5. The van der Waals surface area contributed by atoms with Gasteiger partial charge in [0.25, 0.3) is 11.8 Å². The first-order valence-corrected chi connectivity index (χ1v) is 10.7. The van der Waals surface area contributed by atoms with Gasteiger partial charge in [-0.1, -0.05) is 37.5 Å². The van der Waals surface area contributed by atoms with Crippen LogP contribution < -0.4 is 10.6 Å². The van der Waals surface area contributed by atoms with Crippen LogP contribution in [0.25, 0.3) is 10.1 Å². The van der Waals surface area contributed by atoms with E-state index in [9.17, 15) is 9.59 Å². The van der Waals surface area contributed by atoms with Crippen LogP contribution >= 0.6 is 11.3 Å². The maximum Gasteiger partial charge on any atom is 0.257 e. The van der Waals surface area contributed by atoms with E-state index in [-0.39, 0.29) is 17.9 Å². The van der Waals surface area contributed by atoms with Crippen molar-refractivity contribution in [3.63, 3.8) is 0 Å². The van der Waals surface area contributed by atoms with Crippen LogP contribution in [0.1, 0.15) is 58.4 Å². The summed E-state index contributed by atoms with van der Waals surface area (Å²) in [7, 11) is 0. The Kier molecular flexibility index (Phi) is 5.44. The van der Waals surface area contributed by atoms with Gasteiger partial charge in [-0.15, -0.1) is 11.3 Å². The lowest BCUT2D eigenvalue weighted by molar-refractivity contribution is 0.0927. The molecule has 1 aromatic heterocycles. The van der Waals surface area contributed by atoms with Gasteiger partial charge in [0, 0.05) is 32.8 Å². The van der Waals surface area contributed by atoms with Crippen molar-refractivity contribution in [2.75, 3.05) is 5.32 Å². The molecule has 2 N–H and O–H groups in total. The number of nitrogens with one attached hydrogen (secondary N) is 2. The second-order valence-corrected chi connectivity index (χ2v) is 8.35. The van der Waals surface area contributed by atoms with E-state index in [1.165, 1.54) is 19.3 Å². The van der Waals surface area contributed by atoms with Gasteiger partial charge in [0.2, 0.25) is 0 Å². The molecule has 5 heteroatoms. The maximum atomic E-state index is 12.7. The summed E-state index contributed by atoms with van der Waals surface area (Å²) in [5.41, 5.74) is 2.93. The highest BCUT2D eigenvalue weighted by Gasteiger charge is 2.18. The summed E-state index contributed by atoms with van der Waals surface area (Å²) in [5.74, 6) is -0.156. The molecule has 2 amide bonds. The van der Waals surface area contributed by atoms with Crippen LogP contribution in [-0.2, 0) is 0 Å². The monoisotopic (exact) mass is 392 g/mol. The SMILES string of the molecule is Cc1cc(C(=O)NC2CCCCC2)ccc1NC(=O)c1csc2ccccc12. The number of carbonyl (C=O) groups is 2. The van der Waals surface area contributed by atoms with E-state index in [0.717, 1.165) is 34.2 Å². The Bertz CT molecular complexity index is 1020. The zero-order valence-corrected chi connectivity index (χ0v) is 16.8. The Morgan fingerprint density at radius 3 is 2.57 bits per heavy atom. The third-order valence-corrected chi connectivity index (χ3v) is 6.37. The number of hydrogen-bond donors (Lipinski definition) is 2. The maximum absolute atomic E-state index is 12.7. The first-order chi connectivity index (χ1) is 13.6. The van der Waals surface area contributed by atoms with Crippen molar-refractivity contribution in [1.29, 1.82) is 0 Å². The summed E-state index contributed by atoms with van der Waals surface area (Å²) in [4.78, 5) is 25.3. The van der Waals surface area contributed by atoms with Crippen LogP contribution in [0.15, 0.2) is 47.8 Å². The number of hydrogen-bond acceptors (Lipinski definition) is 3. The van der Waals surface area contributed by atoms with Crippen molar-refractivity contribution in [3.05, 3.63) is 64.5 Å². The third-order valence-electron chi connectivity index (χ3n) is 5.40. The third kappa shape index (κ3) is 3.94. The minimum absolute atomic E-state index is 0.0308. The van der Waals surface area contributed by atoms with Crippen molar-refractivity contribution in [2.24, 2.45) is 0 Å². The van der Waals surface area contributed by atoms with Crippen LogP contribution in [0.3, 0.4) is 0 Å². The fourth-order valence-electron chi connectivity index (χ4n) is 3.80. The standard InChI is InChI=1S/C23H24N2O2S/c1-15-13-16(22(26)24-17-7-3-2-4-8-17)11-12-20(15)25-23(27)19-14-28-21-10-6-5-9-18(19)21/h5-6,9-14,17H,2-4,7-8H2,1H3,(H,24,26)(H,25,27). The molecule has 1 saturated carbocycles. The molecule has 1 heterocycles. The summed E-state index contributed by atoms with van der Waals surface area (Å²) in [6.07, 6.45) is 5.76. The van der Waals surface area contributed by atoms with Crippen molar-refractivity contribution < 1.29 is 9.59 Å². The van der Waals surface area contributed by atoms with Crippen LogP contribution in [0.5, 0.6) is 0 Å². The molecule has 0 saturated heterocycles. The van der Waals surface area contributed by atoms with Gasteiger partial charge in [-0.25, -0.2) is 0 Å². The second-order valence-electron chi connectivity index (χ2n) is 7.44. The number of amides is 2. The highest BCUT2D eigenvalue weighted by molar-refractivity contribution is 7.17. The predicted octanol–water partition coefficient (Wildman–Crippen LogP) is 5.52. The molecule has 4 rings (SSSR count). The van der Waals surface area contributed by atoms with Crippen molar-refractivity contribution in [3.8, 4) is 0 Å². The summed E-state index contributed by atoms with van der Waals surface area (Å²) >= 11 is 1.57. The average Bonchev–Trinajstić information content (AvgIpc) is 3.14. The Balaban J connectivity index is 1.47. The molecule has 0 bridgehead atoms. The van der Waals surface area contributed by atoms with Crippen LogP contribution in [0.4, 0.5) is 5.69 Å². The Morgan fingerprint density at radius 1 is 1.00 bits per heavy atom. The number of anilines is 1. The van der Waals surface area contributed by atoms with Crippen molar-refractivity contribution in [1.82, 2.24) is 5.32 Å². The van der Waals surface area contributed by atoms with Gasteiger partial charge in [-0.05, 0) is 49.6 Å². The molecular weight excluding hydrogens is 368 g/mol. The summed E-state index contributed by atoms with van der Waals surface area (Å²) in [5, 5.41) is 8.98. The molecule has 1 aliphatic carbocycles. The molecule has 0 spiro atoms. The number of aryl methyl sites for hydroxylation is 1. The van der Waals surface area contributed by atoms with E-state index in [1.54, 1.807) is 17.4 Å². The van der Waals surface area contributed by atoms with Gasteiger partial charge in [0.05, 0.1) is 5.56 Å². The summed E-state index contributed by atoms with van der Waals surface area (Å²) in [6, 6.07) is 13.6. The second kappa shape index (κ2) is 8.15. The largest absolute Gasteiger partial charge is 0.349 e. The number of benzene rings is 2. The van der Waals surface area contributed by atoms with Gasteiger partial charge in [0.1, 0.15) is 0 Å². The van der Waals surface area contributed by atoms with Crippen molar-refractivity contribution >= 4 is 38.9 Å². The van der Waals surface area contributed by atoms with Crippen molar-refractivity contribution in [2.45, 2.75) is 45.1 Å². The van der Waals surface area contributed by atoms with E-state index < -0.39 is 0 Å². The lowest BCUT2D eigenvalue weighted by atomic mass is 9.95. The molecule has 0 atom stereocenters. The topological polar surface area (TPSA) is 58.2 Å². The molecule has 1 fully saturated rings.